The number of tetrazole rings is 1. The number of carbonyl (C=O) groups excluding carboxylic acids is 1. The zero-order valence-electron chi connectivity index (χ0n) is 14.3. The third-order valence-corrected chi connectivity index (χ3v) is 5.14. The van der Waals surface area contributed by atoms with E-state index in [1.165, 1.54) is 18.2 Å². The summed E-state index contributed by atoms with van der Waals surface area (Å²) in [6.07, 6.45) is 1.20. The molecule has 0 radical (unpaired) electrons. The van der Waals surface area contributed by atoms with Gasteiger partial charge in [0.2, 0.25) is 11.1 Å². The first-order valence-electron chi connectivity index (χ1n) is 8.29. The van der Waals surface area contributed by atoms with Gasteiger partial charge in [-0.05, 0) is 53.3 Å². The normalized spacial score (nSPS) is 21.0. The van der Waals surface area contributed by atoms with Crippen LogP contribution in [0.25, 0.3) is 5.69 Å². The van der Waals surface area contributed by atoms with Crippen molar-refractivity contribution in [3.05, 3.63) is 29.8 Å². The summed E-state index contributed by atoms with van der Waals surface area (Å²) >= 11 is 1.39. The maximum atomic E-state index is 12.5. The second-order valence-electron chi connectivity index (χ2n) is 6.75. The molecule has 0 aliphatic carbocycles. The molecule has 1 saturated heterocycles. The van der Waals surface area contributed by atoms with Crippen molar-refractivity contribution < 1.29 is 4.79 Å². The molecule has 1 aliphatic rings. The van der Waals surface area contributed by atoms with E-state index in [9.17, 15) is 4.79 Å². The number of carbonyl (C=O) groups is 1. The molecule has 6 nitrogen and oxygen atoms in total. The van der Waals surface area contributed by atoms with Crippen LogP contribution in [0.3, 0.4) is 0 Å². The van der Waals surface area contributed by atoms with Gasteiger partial charge in [-0.1, -0.05) is 37.7 Å². The lowest BCUT2D eigenvalue weighted by molar-refractivity contribution is -0.130. The van der Waals surface area contributed by atoms with Crippen molar-refractivity contribution in [1.82, 2.24) is 25.1 Å². The van der Waals surface area contributed by atoms with Gasteiger partial charge in [0.15, 0.2) is 0 Å². The Labute approximate surface area is 146 Å². The summed E-state index contributed by atoms with van der Waals surface area (Å²) in [6.45, 7) is 8.16. The maximum Gasteiger partial charge on any atom is 0.233 e. The molecule has 128 valence electrons. The van der Waals surface area contributed by atoms with E-state index in [1.807, 2.05) is 36.1 Å². The average Bonchev–Trinajstić information content (AvgIpc) is 3.00. The first kappa shape index (κ1) is 17.0. The molecule has 1 aromatic heterocycles. The first-order valence-corrected chi connectivity index (χ1v) is 9.27. The molecule has 1 aromatic carbocycles. The van der Waals surface area contributed by atoms with E-state index in [0.29, 0.717) is 22.7 Å². The third-order valence-electron chi connectivity index (χ3n) is 4.23. The Balaban J connectivity index is 1.65. The van der Waals surface area contributed by atoms with Gasteiger partial charge < -0.3 is 4.90 Å². The molecule has 0 unspecified atom stereocenters. The molecule has 2 atom stereocenters. The lowest BCUT2D eigenvalue weighted by atomic mass is 9.92. The Bertz CT molecular complexity index is 707. The molecule has 0 bridgehead atoms. The van der Waals surface area contributed by atoms with E-state index in [4.69, 9.17) is 0 Å². The van der Waals surface area contributed by atoms with Crippen LogP contribution in [0.1, 0.15) is 25.8 Å². The maximum absolute atomic E-state index is 12.5. The highest BCUT2D eigenvalue weighted by atomic mass is 32.2. The number of thioether (sulfide) groups is 1. The Morgan fingerprint density at radius 2 is 2.04 bits per heavy atom. The van der Waals surface area contributed by atoms with Gasteiger partial charge in [0.1, 0.15) is 0 Å². The van der Waals surface area contributed by atoms with Crippen LogP contribution in [0.5, 0.6) is 0 Å². The van der Waals surface area contributed by atoms with Crippen molar-refractivity contribution >= 4 is 17.7 Å². The number of piperidine rings is 1. The van der Waals surface area contributed by atoms with Crippen molar-refractivity contribution in [3.8, 4) is 5.69 Å². The SMILES string of the molecule is Cc1cccc(-n2nnnc2SCC(=O)N2C[C@@H](C)C[C@H](C)C2)c1. The van der Waals surface area contributed by atoms with Crippen LogP contribution in [-0.4, -0.2) is 49.9 Å². The number of benzene rings is 1. The highest BCUT2D eigenvalue weighted by molar-refractivity contribution is 7.99. The van der Waals surface area contributed by atoms with Crippen molar-refractivity contribution in [1.29, 1.82) is 0 Å². The summed E-state index contributed by atoms with van der Waals surface area (Å²) in [6, 6.07) is 7.99. The van der Waals surface area contributed by atoms with E-state index in [2.05, 4.69) is 29.4 Å². The minimum absolute atomic E-state index is 0.164. The van der Waals surface area contributed by atoms with Crippen molar-refractivity contribution in [2.45, 2.75) is 32.3 Å². The minimum atomic E-state index is 0.164. The van der Waals surface area contributed by atoms with Crippen LogP contribution < -0.4 is 0 Å². The largest absolute Gasteiger partial charge is 0.341 e. The van der Waals surface area contributed by atoms with Crippen molar-refractivity contribution in [2.75, 3.05) is 18.8 Å². The molecule has 2 heterocycles. The zero-order chi connectivity index (χ0) is 17.1. The Hall–Kier alpha value is -1.89. The van der Waals surface area contributed by atoms with Gasteiger partial charge >= 0.3 is 0 Å². The van der Waals surface area contributed by atoms with Gasteiger partial charge in [0.25, 0.3) is 0 Å². The van der Waals surface area contributed by atoms with Gasteiger partial charge in [0, 0.05) is 13.1 Å². The molecule has 1 amide bonds. The monoisotopic (exact) mass is 345 g/mol. The smallest absolute Gasteiger partial charge is 0.233 e. The molecule has 0 spiro atoms. The summed E-state index contributed by atoms with van der Waals surface area (Å²) in [5.74, 6) is 1.67. The number of nitrogens with zero attached hydrogens (tertiary/aromatic N) is 5. The van der Waals surface area contributed by atoms with Crippen LogP contribution in [-0.2, 0) is 4.79 Å². The molecule has 2 aromatic rings. The molecule has 7 heteroatoms. The molecule has 1 fully saturated rings. The van der Waals surface area contributed by atoms with Crippen LogP contribution in [0, 0.1) is 18.8 Å². The molecule has 0 saturated carbocycles. The number of aryl methyl sites for hydroxylation is 1. The molecule has 3 rings (SSSR count). The van der Waals surface area contributed by atoms with Crippen molar-refractivity contribution in [2.24, 2.45) is 11.8 Å². The molecule has 1 aliphatic heterocycles. The number of aromatic nitrogens is 4. The van der Waals surface area contributed by atoms with Crippen molar-refractivity contribution in [3.63, 3.8) is 0 Å². The summed E-state index contributed by atoms with van der Waals surface area (Å²) in [5, 5.41) is 12.5. The fraction of sp³-hybridized carbons (Fsp3) is 0.529. The Kier molecular flexibility index (Phi) is 5.18. The van der Waals surface area contributed by atoms with E-state index < -0.39 is 0 Å². The Morgan fingerprint density at radius 3 is 2.75 bits per heavy atom. The average molecular weight is 345 g/mol. The number of hydrogen-bond donors (Lipinski definition) is 0. The second kappa shape index (κ2) is 7.34. The van der Waals surface area contributed by atoms with E-state index in [0.717, 1.165) is 24.3 Å². The summed E-state index contributed by atoms with van der Waals surface area (Å²) < 4.78 is 1.69. The summed E-state index contributed by atoms with van der Waals surface area (Å²) in [5.41, 5.74) is 2.06. The highest BCUT2D eigenvalue weighted by Gasteiger charge is 2.25. The van der Waals surface area contributed by atoms with Crippen LogP contribution in [0.4, 0.5) is 0 Å². The number of rotatable bonds is 4. The summed E-state index contributed by atoms with van der Waals surface area (Å²) in [7, 11) is 0. The number of amides is 1. The van der Waals surface area contributed by atoms with Gasteiger partial charge in [-0.2, -0.15) is 4.68 Å². The standard InChI is InChI=1S/C17H23N5OS/c1-12-5-4-6-15(8-12)22-17(18-19-20-22)24-11-16(23)21-9-13(2)7-14(3)10-21/h4-6,8,13-14H,7,9-11H2,1-3H3/t13-,14-/m0/s1. The second-order valence-corrected chi connectivity index (χ2v) is 7.69. The lowest BCUT2D eigenvalue weighted by Crippen LogP contribution is -2.43. The fourth-order valence-electron chi connectivity index (χ4n) is 3.27. The fourth-order valence-corrected chi connectivity index (χ4v) is 4.07. The number of hydrogen-bond acceptors (Lipinski definition) is 5. The minimum Gasteiger partial charge on any atom is -0.341 e. The van der Waals surface area contributed by atoms with Gasteiger partial charge in [-0.15, -0.1) is 5.10 Å². The van der Waals surface area contributed by atoms with E-state index in [-0.39, 0.29) is 5.91 Å². The molecule has 24 heavy (non-hydrogen) atoms. The third kappa shape index (κ3) is 3.95. The first-order chi connectivity index (χ1) is 11.5. The topological polar surface area (TPSA) is 63.9 Å². The van der Waals surface area contributed by atoms with Gasteiger partial charge in [0.05, 0.1) is 11.4 Å². The molecular weight excluding hydrogens is 322 g/mol. The number of likely N-dealkylation sites (tertiary alicyclic amines) is 1. The van der Waals surface area contributed by atoms with E-state index in [1.54, 1.807) is 4.68 Å². The predicted molar refractivity (Wildman–Crippen MR) is 94.1 cm³/mol. The highest BCUT2D eigenvalue weighted by Crippen LogP contribution is 2.23. The Morgan fingerprint density at radius 1 is 1.29 bits per heavy atom. The van der Waals surface area contributed by atoms with Crippen LogP contribution in [0.2, 0.25) is 0 Å². The van der Waals surface area contributed by atoms with Gasteiger partial charge in [-0.3, -0.25) is 4.79 Å². The molecular formula is C17H23N5OS. The predicted octanol–water partition coefficient (Wildman–Crippen LogP) is 2.57. The zero-order valence-corrected chi connectivity index (χ0v) is 15.2. The quantitative estimate of drug-likeness (QED) is 0.797. The lowest BCUT2D eigenvalue weighted by Gasteiger charge is -2.34. The van der Waals surface area contributed by atoms with Crippen LogP contribution >= 0.6 is 11.8 Å². The summed E-state index contributed by atoms with van der Waals surface area (Å²) in [4.78, 5) is 14.5. The van der Waals surface area contributed by atoms with Gasteiger partial charge in [-0.25, -0.2) is 0 Å². The molecule has 0 N–H and O–H groups in total. The van der Waals surface area contributed by atoms with Crippen LogP contribution in [0.15, 0.2) is 29.4 Å². The van der Waals surface area contributed by atoms with E-state index >= 15 is 0 Å².